The van der Waals surface area contributed by atoms with Crippen molar-refractivity contribution in [2.75, 3.05) is 19.3 Å². The highest BCUT2D eigenvalue weighted by Crippen LogP contribution is 2.28. The van der Waals surface area contributed by atoms with E-state index in [-0.39, 0.29) is 23.9 Å². The molecule has 0 aromatic rings. The smallest absolute Gasteiger partial charge is 0.227 e. The molecule has 1 amide bonds. The summed E-state index contributed by atoms with van der Waals surface area (Å²) in [7, 11) is -3.19. The third-order valence-corrected chi connectivity index (χ3v) is 5.92. The summed E-state index contributed by atoms with van der Waals surface area (Å²) in [5, 5.41) is 0. The van der Waals surface area contributed by atoms with Gasteiger partial charge in [-0.05, 0) is 46.0 Å². The van der Waals surface area contributed by atoms with Crippen molar-refractivity contribution in [3.8, 4) is 0 Å². The Hall–Kier alpha value is -0.620. The molecule has 6 heteroatoms. The van der Waals surface area contributed by atoms with Crippen LogP contribution >= 0.6 is 0 Å². The molecule has 5 nitrogen and oxygen atoms in total. The SMILES string of the molecule is CC1CCCC(C)N1C(=O)C1CCCN(S(C)(=O)=O)C1. The van der Waals surface area contributed by atoms with E-state index in [0.29, 0.717) is 13.1 Å². The van der Waals surface area contributed by atoms with Gasteiger partial charge in [0.15, 0.2) is 0 Å². The molecule has 3 unspecified atom stereocenters. The number of carbonyl (C=O) groups excluding carboxylic acids is 1. The second kappa shape index (κ2) is 6.02. The molecule has 2 fully saturated rings. The van der Waals surface area contributed by atoms with Crippen LogP contribution in [0.3, 0.4) is 0 Å². The van der Waals surface area contributed by atoms with E-state index in [4.69, 9.17) is 0 Å². The molecule has 2 rings (SSSR count). The summed E-state index contributed by atoms with van der Waals surface area (Å²) in [4.78, 5) is 14.8. The van der Waals surface area contributed by atoms with Gasteiger partial charge in [-0.15, -0.1) is 0 Å². The van der Waals surface area contributed by atoms with Gasteiger partial charge in [0.25, 0.3) is 0 Å². The molecule has 2 saturated heterocycles. The number of piperidine rings is 2. The van der Waals surface area contributed by atoms with Crippen LogP contribution in [0.25, 0.3) is 0 Å². The molecule has 0 aromatic carbocycles. The molecule has 3 atom stereocenters. The molecule has 0 aromatic heterocycles. The predicted octanol–water partition coefficient (Wildman–Crippen LogP) is 1.45. The summed E-state index contributed by atoms with van der Waals surface area (Å²) in [5.74, 6) is -0.0143. The minimum atomic E-state index is -3.19. The molecule has 116 valence electrons. The molecular formula is C14H26N2O3S. The quantitative estimate of drug-likeness (QED) is 0.776. The number of nitrogens with zero attached hydrogens (tertiary/aromatic N) is 2. The van der Waals surface area contributed by atoms with Crippen molar-refractivity contribution >= 4 is 15.9 Å². The van der Waals surface area contributed by atoms with Gasteiger partial charge in [-0.25, -0.2) is 12.7 Å². The molecule has 0 bridgehead atoms. The Bertz CT molecular complexity index is 453. The van der Waals surface area contributed by atoms with Gasteiger partial charge in [0.2, 0.25) is 15.9 Å². The first kappa shape index (κ1) is 15.8. The summed E-state index contributed by atoms with van der Waals surface area (Å²) in [6.45, 7) is 5.11. The molecule has 0 aliphatic carbocycles. The van der Waals surface area contributed by atoms with Gasteiger partial charge in [0, 0.05) is 25.2 Å². The Balaban J connectivity index is 2.08. The lowest BCUT2D eigenvalue weighted by Gasteiger charge is -2.42. The van der Waals surface area contributed by atoms with Crippen LogP contribution in [-0.2, 0) is 14.8 Å². The highest BCUT2D eigenvalue weighted by Gasteiger charge is 2.36. The van der Waals surface area contributed by atoms with Gasteiger partial charge in [0.05, 0.1) is 12.2 Å². The van der Waals surface area contributed by atoms with Gasteiger partial charge in [-0.3, -0.25) is 4.79 Å². The number of sulfonamides is 1. The lowest BCUT2D eigenvalue weighted by atomic mass is 9.92. The highest BCUT2D eigenvalue weighted by molar-refractivity contribution is 7.88. The van der Waals surface area contributed by atoms with E-state index in [1.807, 2.05) is 4.90 Å². The second-order valence-electron chi connectivity index (χ2n) is 6.33. The maximum atomic E-state index is 12.8. The minimum Gasteiger partial charge on any atom is -0.337 e. The number of amides is 1. The van der Waals surface area contributed by atoms with Crippen LogP contribution in [0.5, 0.6) is 0 Å². The maximum absolute atomic E-state index is 12.8. The van der Waals surface area contributed by atoms with Crippen LogP contribution in [0.4, 0.5) is 0 Å². The Morgan fingerprint density at radius 2 is 1.65 bits per heavy atom. The summed E-state index contributed by atoms with van der Waals surface area (Å²) >= 11 is 0. The fourth-order valence-corrected chi connectivity index (χ4v) is 4.42. The first-order chi connectivity index (χ1) is 9.30. The zero-order valence-corrected chi connectivity index (χ0v) is 13.5. The van der Waals surface area contributed by atoms with Crippen LogP contribution in [0.2, 0.25) is 0 Å². The van der Waals surface area contributed by atoms with Crippen molar-refractivity contribution in [3.05, 3.63) is 0 Å². The molecule has 0 saturated carbocycles. The highest BCUT2D eigenvalue weighted by atomic mass is 32.2. The molecule has 2 heterocycles. The topological polar surface area (TPSA) is 57.7 Å². The van der Waals surface area contributed by atoms with E-state index < -0.39 is 10.0 Å². The number of rotatable bonds is 2. The second-order valence-corrected chi connectivity index (χ2v) is 8.32. The van der Waals surface area contributed by atoms with Crippen LogP contribution in [0, 0.1) is 5.92 Å². The molecule has 2 aliphatic rings. The fourth-order valence-electron chi connectivity index (χ4n) is 3.51. The largest absolute Gasteiger partial charge is 0.337 e. The van der Waals surface area contributed by atoms with Crippen molar-refractivity contribution in [1.82, 2.24) is 9.21 Å². The third-order valence-electron chi connectivity index (χ3n) is 4.65. The first-order valence-electron chi connectivity index (χ1n) is 7.58. The molecular weight excluding hydrogens is 276 g/mol. The average Bonchev–Trinajstić information content (AvgIpc) is 2.37. The van der Waals surface area contributed by atoms with Crippen molar-refractivity contribution in [1.29, 1.82) is 0 Å². The average molecular weight is 302 g/mol. The summed E-state index contributed by atoms with van der Waals surface area (Å²) in [5.41, 5.74) is 0. The van der Waals surface area contributed by atoms with Gasteiger partial charge in [-0.2, -0.15) is 0 Å². The van der Waals surface area contributed by atoms with E-state index in [0.717, 1.165) is 25.7 Å². The summed E-state index contributed by atoms with van der Waals surface area (Å²) < 4.78 is 24.8. The van der Waals surface area contributed by atoms with Crippen molar-refractivity contribution < 1.29 is 13.2 Å². The van der Waals surface area contributed by atoms with Crippen LogP contribution in [0.1, 0.15) is 46.0 Å². The van der Waals surface area contributed by atoms with Crippen molar-refractivity contribution in [2.24, 2.45) is 5.92 Å². The lowest BCUT2D eigenvalue weighted by Crippen LogP contribution is -2.53. The summed E-state index contributed by atoms with van der Waals surface area (Å²) in [6.07, 6.45) is 6.09. The third kappa shape index (κ3) is 3.34. The van der Waals surface area contributed by atoms with Gasteiger partial charge >= 0.3 is 0 Å². The zero-order chi connectivity index (χ0) is 14.9. The maximum Gasteiger partial charge on any atom is 0.227 e. The zero-order valence-electron chi connectivity index (χ0n) is 12.7. The Morgan fingerprint density at radius 1 is 1.05 bits per heavy atom. The van der Waals surface area contributed by atoms with Gasteiger partial charge in [-0.1, -0.05) is 0 Å². The van der Waals surface area contributed by atoms with E-state index in [1.54, 1.807) is 0 Å². The molecule has 0 spiro atoms. The predicted molar refractivity (Wildman–Crippen MR) is 78.8 cm³/mol. The minimum absolute atomic E-state index is 0.151. The summed E-state index contributed by atoms with van der Waals surface area (Å²) in [6, 6.07) is 0.555. The molecule has 0 N–H and O–H groups in total. The van der Waals surface area contributed by atoms with E-state index in [9.17, 15) is 13.2 Å². The molecule has 0 radical (unpaired) electrons. The Morgan fingerprint density at radius 3 is 2.20 bits per heavy atom. The number of likely N-dealkylation sites (tertiary alicyclic amines) is 1. The number of hydrogen-bond acceptors (Lipinski definition) is 3. The van der Waals surface area contributed by atoms with Crippen LogP contribution in [0.15, 0.2) is 0 Å². The van der Waals surface area contributed by atoms with Crippen molar-refractivity contribution in [2.45, 2.75) is 58.0 Å². The van der Waals surface area contributed by atoms with Crippen LogP contribution in [-0.4, -0.2) is 55.0 Å². The monoisotopic (exact) mass is 302 g/mol. The van der Waals surface area contributed by atoms with E-state index >= 15 is 0 Å². The van der Waals surface area contributed by atoms with Crippen LogP contribution < -0.4 is 0 Å². The van der Waals surface area contributed by atoms with E-state index in [1.165, 1.54) is 17.0 Å². The fraction of sp³-hybridized carbons (Fsp3) is 0.929. The Labute approximate surface area is 122 Å². The molecule has 20 heavy (non-hydrogen) atoms. The lowest BCUT2D eigenvalue weighted by molar-refractivity contribution is -0.143. The van der Waals surface area contributed by atoms with E-state index in [2.05, 4.69) is 13.8 Å². The van der Waals surface area contributed by atoms with Crippen molar-refractivity contribution in [3.63, 3.8) is 0 Å². The number of carbonyl (C=O) groups is 1. The Kier molecular flexibility index (Phi) is 4.74. The normalized spacial score (nSPS) is 33.1. The number of hydrogen-bond donors (Lipinski definition) is 0. The van der Waals surface area contributed by atoms with Gasteiger partial charge < -0.3 is 4.90 Å². The standard InChI is InChI=1S/C14H26N2O3S/c1-11-6-4-7-12(2)16(11)14(17)13-8-5-9-15(10-13)20(3,18)19/h11-13H,4-10H2,1-3H3. The molecule has 2 aliphatic heterocycles. The first-order valence-corrected chi connectivity index (χ1v) is 9.43. The van der Waals surface area contributed by atoms with Gasteiger partial charge in [0.1, 0.15) is 0 Å².